The SMILES string of the molecule is Cc1nnc(CN=C(NC2CCCC2)N(C)CCOc2ccc(F)cc2)n1C.I. The summed E-state index contributed by atoms with van der Waals surface area (Å²) in [7, 11) is 3.95. The van der Waals surface area contributed by atoms with Crippen LogP contribution in [0.3, 0.4) is 0 Å². The van der Waals surface area contributed by atoms with Crippen LogP contribution in [0.25, 0.3) is 0 Å². The molecule has 0 radical (unpaired) electrons. The zero-order chi connectivity index (χ0) is 19.9. The molecule has 0 bridgehead atoms. The van der Waals surface area contributed by atoms with Gasteiger partial charge in [0.05, 0.1) is 6.54 Å². The summed E-state index contributed by atoms with van der Waals surface area (Å²) in [4.78, 5) is 6.83. The second-order valence-corrected chi connectivity index (χ2v) is 7.21. The third-order valence-corrected chi connectivity index (χ3v) is 5.11. The van der Waals surface area contributed by atoms with Gasteiger partial charge in [0, 0.05) is 20.1 Å². The van der Waals surface area contributed by atoms with Gasteiger partial charge in [-0.15, -0.1) is 34.2 Å². The van der Waals surface area contributed by atoms with Crippen molar-refractivity contribution >= 4 is 29.9 Å². The number of aryl methyl sites for hydroxylation is 1. The second-order valence-electron chi connectivity index (χ2n) is 7.21. The summed E-state index contributed by atoms with van der Waals surface area (Å²) >= 11 is 0. The Morgan fingerprint density at radius 2 is 1.97 bits per heavy atom. The van der Waals surface area contributed by atoms with Gasteiger partial charge in [0.25, 0.3) is 0 Å². The number of benzene rings is 1. The van der Waals surface area contributed by atoms with Gasteiger partial charge in [-0.2, -0.15) is 0 Å². The number of hydrogen-bond donors (Lipinski definition) is 1. The van der Waals surface area contributed by atoms with Crippen LogP contribution in [0.1, 0.15) is 37.3 Å². The summed E-state index contributed by atoms with van der Waals surface area (Å²) in [6.07, 6.45) is 4.85. The predicted octanol–water partition coefficient (Wildman–Crippen LogP) is 3.28. The van der Waals surface area contributed by atoms with Gasteiger partial charge in [-0.05, 0) is 44.0 Å². The Labute approximate surface area is 188 Å². The summed E-state index contributed by atoms with van der Waals surface area (Å²) in [5.74, 6) is 2.94. The van der Waals surface area contributed by atoms with Crippen LogP contribution in [0, 0.1) is 12.7 Å². The van der Waals surface area contributed by atoms with E-state index in [1.54, 1.807) is 12.1 Å². The van der Waals surface area contributed by atoms with E-state index in [1.165, 1.54) is 37.8 Å². The minimum Gasteiger partial charge on any atom is -0.492 e. The summed E-state index contributed by atoms with van der Waals surface area (Å²) < 4.78 is 20.7. The molecular weight excluding hydrogens is 486 g/mol. The van der Waals surface area contributed by atoms with Crippen LogP contribution in [0.2, 0.25) is 0 Å². The summed E-state index contributed by atoms with van der Waals surface area (Å²) in [6, 6.07) is 6.53. The van der Waals surface area contributed by atoms with E-state index in [1.807, 2.05) is 25.6 Å². The molecule has 1 heterocycles. The molecule has 1 aromatic heterocycles. The van der Waals surface area contributed by atoms with E-state index in [0.717, 1.165) is 17.6 Å². The molecule has 1 saturated carbocycles. The average Bonchev–Trinajstić information content (AvgIpc) is 3.31. The van der Waals surface area contributed by atoms with E-state index in [-0.39, 0.29) is 29.8 Å². The highest BCUT2D eigenvalue weighted by Gasteiger charge is 2.18. The summed E-state index contributed by atoms with van der Waals surface area (Å²) in [6.45, 7) is 3.54. The van der Waals surface area contributed by atoms with Crippen LogP contribution in [-0.4, -0.2) is 51.9 Å². The fraction of sp³-hybridized carbons (Fsp3) is 0.550. The molecule has 3 rings (SSSR count). The molecule has 0 spiro atoms. The first-order valence-corrected chi connectivity index (χ1v) is 9.78. The largest absolute Gasteiger partial charge is 0.492 e. The van der Waals surface area contributed by atoms with Crippen molar-refractivity contribution in [2.24, 2.45) is 12.0 Å². The minimum absolute atomic E-state index is 0. The Bertz CT molecular complexity index is 789. The van der Waals surface area contributed by atoms with Crippen molar-refractivity contribution in [3.8, 4) is 5.75 Å². The number of halogens is 2. The van der Waals surface area contributed by atoms with E-state index in [4.69, 9.17) is 9.73 Å². The molecule has 1 aliphatic rings. The number of aromatic nitrogens is 3. The highest BCUT2D eigenvalue weighted by atomic mass is 127. The fourth-order valence-corrected chi connectivity index (χ4v) is 3.20. The first-order chi connectivity index (χ1) is 13.5. The van der Waals surface area contributed by atoms with Gasteiger partial charge in [0.2, 0.25) is 0 Å². The number of likely N-dealkylation sites (N-methyl/N-ethyl adjacent to an activating group) is 1. The molecule has 0 atom stereocenters. The summed E-state index contributed by atoms with van der Waals surface area (Å²) in [5, 5.41) is 11.9. The molecule has 1 fully saturated rings. The topological polar surface area (TPSA) is 67.6 Å². The van der Waals surface area contributed by atoms with Crippen molar-refractivity contribution in [1.82, 2.24) is 25.0 Å². The normalized spacial score (nSPS) is 14.6. The molecule has 29 heavy (non-hydrogen) atoms. The second kappa shape index (κ2) is 11.3. The van der Waals surface area contributed by atoms with Gasteiger partial charge in [0.15, 0.2) is 11.8 Å². The maximum absolute atomic E-state index is 13.0. The molecule has 0 saturated heterocycles. The van der Waals surface area contributed by atoms with Crippen molar-refractivity contribution in [3.63, 3.8) is 0 Å². The predicted molar refractivity (Wildman–Crippen MR) is 122 cm³/mol. The average molecular weight is 516 g/mol. The van der Waals surface area contributed by atoms with Gasteiger partial charge in [-0.25, -0.2) is 9.38 Å². The first kappa shape index (κ1) is 23.4. The molecule has 1 N–H and O–H groups in total. The number of nitrogens with one attached hydrogen (secondary N) is 1. The highest BCUT2D eigenvalue weighted by Crippen LogP contribution is 2.18. The van der Waals surface area contributed by atoms with Crippen LogP contribution in [0.4, 0.5) is 4.39 Å². The maximum Gasteiger partial charge on any atom is 0.194 e. The Balaban J connectivity index is 0.00000300. The van der Waals surface area contributed by atoms with Gasteiger partial charge in [-0.1, -0.05) is 12.8 Å². The first-order valence-electron chi connectivity index (χ1n) is 9.78. The van der Waals surface area contributed by atoms with E-state index in [2.05, 4.69) is 20.4 Å². The smallest absolute Gasteiger partial charge is 0.194 e. The number of hydrogen-bond acceptors (Lipinski definition) is 4. The summed E-state index contributed by atoms with van der Waals surface area (Å²) in [5.41, 5.74) is 0. The number of rotatable bonds is 7. The Morgan fingerprint density at radius 3 is 2.59 bits per heavy atom. The van der Waals surface area contributed by atoms with Crippen molar-refractivity contribution in [2.45, 2.75) is 45.2 Å². The zero-order valence-electron chi connectivity index (χ0n) is 17.3. The lowest BCUT2D eigenvalue weighted by molar-refractivity contribution is 0.280. The molecule has 0 unspecified atom stereocenters. The fourth-order valence-electron chi connectivity index (χ4n) is 3.20. The molecule has 160 valence electrons. The lowest BCUT2D eigenvalue weighted by atomic mass is 10.2. The van der Waals surface area contributed by atoms with Crippen LogP contribution in [0.5, 0.6) is 5.75 Å². The van der Waals surface area contributed by atoms with Crippen molar-refractivity contribution in [3.05, 3.63) is 41.7 Å². The monoisotopic (exact) mass is 516 g/mol. The zero-order valence-corrected chi connectivity index (χ0v) is 19.6. The Kier molecular flexibility index (Phi) is 9.12. The number of ether oxygens (including phenoxy) is 1. The highest BCUT2D eigenvalue weighted by molar-refractivity contribution is 14.0. The number of nitrogens with zero attached hydrogens (tertiary/aromatic N) is 5. The van der Waals surface area contributed by atoms with Gasteiger partial charge < -0.3 is 19.5 Å². The van der Waals surface area contributed by atoms with Crippen LogP contribution in [0.15, 0.2) is 29.3 Å². The molecule has 0 aliphatic heterocycles. The quantitative estimate of drug-likeness (QED) is 0.348. The van der Waals surface area contributed by atoms with E-state index < -0.39 is 0 Å². The van der Waals surface area contributed by atoms with Crippen LogP contribution < -0.4 is 10.1 Å². The van der Waals surface area contributed by atoms with Crippen molar-refractivity contribution < 1.29 is 9.13 Å². The van der Waals surface area contributed by atoms with Crippen molar-refractivity contribution in [2.75, 3.05) is 20.2 Å². The Morgan fingerprint density at radius 1 is 1.28 bits per heavy atom. The van der Waals surface area contributed by atoms with Gasteiger partial charge in [0.1, 0.15) is 30.5 Å². The van der Waals surface area contributed by atoms with Crippen LogP contribution >= 0.6 is 24.0 Å². The molecule has 2 aromatic rings. The molecule has 0 amide bonds. The lowest BCUT2D eigenvalue weighted by Crippen LogP contribution is -2.45. The third-order valence-electron chi connectivity index (χ3n) is 5.11. The lowest BCUT2D eigenvalue weighted by Gasteiger charge is -2.25. The van der Waals surface area contributed by atoms with Gasteiger partial charge in [-0.3, -0.25) is 0 Å². The van der Waals surface area contributed by atoms with E-state index >= 15 is 0 Å². The molecule has 1 aromatic carbocycles. The maximum atomic E-state index is 13.0. The van der Waals surface area contributed by atoms with E-state index in [0.29, 0.717) is 31.5 Å². The van der Waals surface area contributed by atoms with E-state index in [9.17, 15) is 4.39 Å². The van der Waals surface area contributed by atoms with Gasteiger partial charge >= 0.3 is 0 Å². The number of aliphatic imine (C=N–C) groups is 1. The molecule has 7 nitrogen and oxygen atoms in total. The standard InChI is InChI=1S/C20H29FN6O.HI/c1-15-24-25-19(27(15)3)14-22-20(23-17-6-4-5-7-17)26(2)12-13-28-18-10-8-16(21)9-11-18;/h8-11,17H,4-7,12-14H2,1-3H3,(H,22,23);1H. The number of guanidine groups is 1. The Hall–Kier alpha value is -1.91. The molecular formula is C20H30FIN6O. The van der Waals surface area contributed by atoms with Crippen molar-refractivity contribution in [1.29, 1.82) is 0 Å². The minimum atomic E-state index is -0.265. The third kappa shape index (κ3) is 6.83. The van der Waals surface area contributed by atoms with Crippen LogP contribution in [-0.2, 0) is 13.6 Å². The molecule has 1 aliphatic carbocycles. The molecule has 9 heteroatoms.